The van der Waals surface area contributed by atoms with Crippen LogP contribution < -0.4 is 20.1 Å². The van der Waals surface area contributed by atoms with Crippen molar-refractivity contribution >= 4 is 5.82 Å². The van der Waals surface area contributed by atoms with Gasteiger partial charge in [0.25, 0.3) is 6.43 Å². The lowest BCUT2D eigenvalue weighted by atomic mass is 9.71. The van der Waals surface area contributed by atoms with Gasteiger partial charge in [-0.1, -0.05) is 6.07 Å². The first-order valence-corrected chi connectivity index (χ1v) is 11.1. The highest BCUT2D eigenvalue weighted by Gasteiger charge is 2.57. The molecule has 4 aliphatic rings. The van der Waals surface area contributed by atoms with Crippen molar-refractivity contribution < 1.29 is 22.6 Å². The third-order valence-electron chi connectivity index (χ3n) is 6.98. The Balaban J connectivity index is 1.17. The molecule has 3 fully saturated rings. The molecular weight excluding hydrogens is 449 g/mol. The number of rotatable bonds is 6. The first kappa shape index (κ1) is 21.0. The third kappa shape index (κ3) is 3.48. The van der Waals surface area contributed by atoms with Gasteiger partial charge in [-0.05, 0) is 48.9 Å². The zero-order chi connectivity index (χ0) is 23.4. The smallest absolute Gasteiger partial charge is 0.352 e. The van der Waals surface area contributed by atoms with Crippen LogP contribution in [0.2, 0.25) is 0 Å². The Morgan fingerprint density at radius 2 is 2.03 bits per heavy atom. The topological polar surface area (TPSA) is 69.5 Å². The van der Waals surface area contributed by atoms with Crippen molar-refractivity contribution in [2.24, 2.45) is 5.92 Å². The molecule has 0 radical (unpaired) electrons. The van der Waals surface area contributed by atoms with Gasteiger partial charge < -0.3 is 14.4 Å². The largest absolute Gasteiger partial charge is 0.473 e. The average molecular weight is 470 g/mol. The molecule has 176 valence electrons. The van der Waals surface area contributed by atoms with Crippen LogP contribution in [-0.4, -0.2) is 26.6 Å². The molecule has 0 unspecified atom stereocenters. The van der Waals surface area contributed by atoms with Gasteiger partial charge in [-0.2, -0.15) is 4.98 Å². The molecule has 1 saturated carbocycles. The van der Waals surface area contributed by atoms with Crippen molar-refractivity contribution in [2.75, 3.05) is 11.4 Å². The minimum Gasteiger partial charge on any atom is -0.473 e. The SMILES string of the molecule is O=c1nc(OCc2ccc(Oc3ccnc(C(F)F)c3)c(F)c2)cc2n1CCC13CC(CN21)C3. The molecule has 1 aromatic carbocycles. The van der Waals surface area contributed by atoms with Gasteiger partial charge in [-0.3, -0.25) is 9.55 Å². The Labute approximate surface area is 192 Å². The lowest BCUT2D eigenvalue weighted by molar-refractivity contribution is 0.145. The van der Waals surface area contributed by atoms with E-state index in [1.165, 1.54) is 37.2 Å². The Morgan fingerprint density at radius 1 is 1.18 bits per heavy atom. The van der Waals surface area contributed by atoms with Crippen molar-refractivity contribution in [1.29, 1.82) is 0 Å². The summed E-state index contributed by atoms with van der Waals surface area (Å²) in [6.07, 6.45) is 1.75. The molecule has 10 heteroatoms. The molecule has 2 saturated heterocycles. The molecule has 5 heterocycles. The molecule has 1 spiro atoms. The first-order chi connectivity index (χ1) is 16.4. The summed E-state index contributed by atoms with van der Waals surface area (Å²) in [5.74, 6) is 1.01. The number of hydrogen-bond donors (Lipinski definition) is 0. The summed E-state index contributed by atoms with van der Waals surface area (Å²) < 4.78 is 53.0. The Kier molecular flexibility index (Phi) is 4.79. The molecule has 0 N–H and O–H groups in total. The summed E-state index contributed by atoms with van der Waals surface area (Å²) >= 11 is 0. The molecule has 0 atom stereocenters. The summed E-state index contributed by atoms with van der Waals surface area (Å²) in [5, 5.41) is 0. The summed E-state index contributed by atoms with van der Waals surface area (Å²) in [4.78, 5) is 22.5. The average Bonchev–Trinajstić information content (AvgIpc) is 3.36. The Bertz CT molecular complexity index is 1320. The maximum atomic E-state index is 14.6. The van der Waals surface area contributed by atoms with Crippen LogP contribution in [-0.2, 0) is 13.2 Å². The predicted octanol–water partition coefficient (Wildman–Crippen LogP) is 4.46. The summed E-state index contributed by atoms with van der Waals surface area (Å²) in [5.41, 5.74) is -0.109. The zero-order valence-electron chi connectivity index (χ0n) is 18.1. The predicted molar refractivity (Wildman–Crippen MR) is 116 cm³/mol. The number of pyridine rings is 1. The van der Waals surface area contributed by atoms with E-state index in [1.54, 1.807) is 16.7 Å². The number of anilines is 1. The van der Waals surface area contributed by atoms with Crippen LogP contribution in [0.25, 0.3) is 0 Å². The molecule has 3 aliphatic heterocycles. The van der Waals surface area contributed by atoms with Crippen molar-refractivity contribution in [3.63, 3.8) is 0 Å². The Morgan fingerprint density at radius 3 is 2.82 bits per heavy atom. The standard InChI is InChI=1S/C24H21F3N4O3/c25-17-7-14(1-2-19(17)34-16-3-5-28-18(8-16)22(26)27)13-33-20-9-21-30(23(32)29-20)6-4-24-10-15(11-24)12-31(21)24/h1-3,5,7-9,15,22H,4,6,10-13H2. The molecule has 7 nitrogen and oxygen atoms in total. The molecule has 7 rings (SSSR count). The number of nitrogens with zero attached hydrogens (tertiary/aromatic N) is 4. The number of ether oxygens (including phenoxy) is 2. The van der Waals surface area contributed by atoms with Crippen LogP contribution in [0, 0.1) is 11.7 Å². The van der Waals surface area contributed by atoms with E-state index in [9.17, 15) is 18.0 Å². The van der Waals surface area contributed by atoms with E-state index in [1.807, 2.05) is 0 Å². The van der Waals surface area contributed by atoms with E-state index in [2.05, 4.69) is 14.9 Å². The van der Waals surface area contributed by atoms with Gasteiger partial charge in [0, 0.05) is 37.0 Å². The fourth-order valence-electron chi connectivity index (χ4n) is 5.40. The Hall–Kier alpha value is -3.56. The molecule has 0 amide bonds. The number of aromatic nitrogens is 3. The molecule has 1 aliphatic carbocycles. The number of fused-ring (bicyclic) bond motifs is 1. The second-order valence-corrected chi connectivity index (χ2v) is 9.12. The first-order valence-electron chi connectivity index (χ1n) is 11.1. The van der Waals surface area contributed by atoms with Gasteiger partial charge in [0.15, 0.2) is 11.6 Å². The van der Waals surface area contributed by atoms with Crippen LogP contribution in [0.5, 0.6) is 17.4 Å². The maximum absolute atomic E-state index is 14.6. The molecule has 2 bridgehead atoms. The molecular formula is C24H21F3N4O3. The molecule has 2 aromatic heterocycles. The summed E-state index contributed by atoms with van der Waals surface area (Å²) in [6.45, 7) is 1.62. The maximum Gasteiger partial charge on any atom is 0.352 e. The van der Waals surface area contributed by atoms with Gasteiger partial charge in [0.2, 0.25) is 5.88 Å². The normalized spacial score (nSPS) is 22.2. The second-order valence-electron chi connectivity index (χ2n) is 9.12. The van der Waals surface area contributed by atoms with Crippen molar-refractivity contribution in [3.05, 3.63) is 70.2 Å². The van der Waals surface area contributed by atoms with Crippen molar-refractivity contribution in [2.45, 2.75) is 44.4 Å². The lowest BCUT2D eigenvalue weighted by Crippen LogP contribution is -2.52. The van der Waals surface area contributed by atoms with Crippen LogP contribution in [0.1, 0.15) is 36.9 Å². The van der Waals surface area contributed by atoms with Crippen LogP contribution in [0.3, 0.4) is 0 Å². The fourth-order valence-corrected chi connectivity index (χ4v) is 5.40. The van der Waals surface area contributed by atoms with E-state index in [4.69, 9.17) is 9.47 Å². The van der Waals surface area contributed by atoms with Gasteiger partial charge in [-0.15, -0.1) is 0 Å². The van der Waals surface area contributed by atoms with Crippen LogP contribution in [0.15, 0.2) is 47.4 Å². The minimum atomic E-state index is -2.75. The van der Waals surface area contributed by atoms with E-state index < -0.39 is 17.9 Å². The number of alkyl halides is 2. The van der Waals surface area contributed by atoms with E-state index >= 15 is 0 Å². The van der Waals surface area contributed by atoms with E-state index in [-0.39, 0.29) is 35.2 Å². The van der Waals surface area contributed by atoms with E-state index in [0.29, 0.717) is 18.0 Å². The van der Waals surface area contributed by atoms with Gasteiger partial charge >= 0.3 is 5.69 Å². The van der Waals surface area contributed by atoms with Gasteiger partial charge in [-0.25, -0.2) is 18.0 Å². The van der Waals surface area contributed by atoms with E-state index in [0.717, 1.165) is 24.8 Å². The number of benzene rings is 1. The fraction of sp³-hybridized carbons (Fsp3) is 0.375. The van der Waals surface area contributed by atoms with Gasteiger partial charge in [0.05, 0.1) is 0 Å². The number of hydrogen-bond acceptors (Lipinski definition) is 6. The number of halogens is 3. The third-order valence-corrected chi connectivity index (χ3v) is 6.98. The minimum absolute atomic E-state index is 0.00560. The van der Waals surface area contributed by atoms with Gasteiger partial charge in [0.1, 0.15) is 23.9 Å². The van der Waals surface area contributed by atoms with Crippen molar-refractivity contribution in [3.8, 4) is 17.4 Å². The quantitative estimate of drug-likeness (QED) is 0.530. The molecule has 34 heavy (non-hydrogen) atoms. The monoisotopic (exact) mass is 470 g/mol. The summed E-state index contributed by atoms with van der Waals surface area (Å²) in [6, 6.07) is 8.46. The highest BCUT2D eigenvalue weighted by Crippen LogP contribution is 2.56. The summed E-state index contributed by atoms with van der Waals surface area (Å²) in [7, 11) is 0. The van der Waals surface area contributed by atoms with Crippen LogP contribution >= 0.6 is 0 Å². The highest BCUT2D eigenvalue weighted by molar-refractivity contribution is 5.52. The highest BCUT2D eigenvalue weighted by atomic mass is 19.3. The second kappa shape index (κ2) is 7.75. The zero-order valence-corrected chi connectivity index (χ0v) is 18.1. The molecule has 3 aromatic rings. The van der Waals surface area contributed by atoms with Crippen LogP contribution in [0.4, 0.5) is 19.0 Å². The van der Waals surface area contributed by atoms with Crippen molar-refractivity contribution in [1.82, 2.24) is 14.5 Å². The lowest BCUT2D eigenvalue weighted by Gasteiger charge is -2.46.